The van der Waals surface area contributed by atoms with Gasteiger partial charge in [0.05, 0.1) is 5.70 Å². The minimum Gasteiger partial charge on any atom is -0.294 e. The molecule has 0 saturated heterocycles. The highest BCUT2D eigenvalue weighted by molar-refractivity contribution is 5.96. The molecule has 4 heteroatoms. The number of nitrogens with zero attached hydrogens (tertiary/aromatic N) is 4. The molecule has 0 amide bonds. The molecule has 0 fully saturated rings. The fourth-order valence-electron chi connectivity index (χ4n) is 1.15. The van der Waals surface area contributed by atoms with E-state index in [1.807, 2.05) is 23.9 Å². The number of hydrogen-bond donors (Lipinski definition) is 0. The average molecular weight is 174 g/mol. The standard InChI is InChI=1S/C9H10N4/c1-8-6-10-3-2-9(12-8)13-5-4-11-7-13/h3-7H,2H2,1H3. The molecule has 1 aliphatic rings. The maximum atomic E-state index is 4.39. The van der Waals surface area contributed by atoms with Crippen molar-refractivity contribution >= 4 is 12.1 Å². The van der Waals surface area contributed by atoms with Gasteiger partial charge in [-0.3, -0.25) is 9.56 Å². The molecule has 0 radical (unpaired) electrons. The fourth-order valence-corrected chi connectivity index (χ4v) is 1.15. The van der Waals surface area contributed by atoms with Gasteiger partial charge in [0.1, 0.15) is 12.2 Å². The number of aliphatic imine (C=N–C) groups is 2. The summed E-state index contributed by atoms with van der Waals surface area (Å²) in [7, 11) is 0. The van der Waals surface area contributed by atoms with Crippen molar-refractivity contribution in [2.24, 2.45) is 9.98 Å². The van der Waals surface area contributed by atoms with E-state index in [-0.39, 0.29) is 0 Å². The molecule has 0 spiro atoms. The van der Waals surface area contributed by atoms with Crippen LogP contribution >= 0.6 is 0 Å². The summed E-state index contributed by atoms with van der Waals surface area (Å²) in [6.07, 6.45) is 9.70. The van der Waals surface area contributed by atoms with Gasteiger partial charge >= 0.3 is 0 Å². The summed E-state index contributed by atoms with van der Waals surface area (Å²) in [6.45, 7) is 1.93. The second-order valence-corrected chi connectivity index (χ2v) is 2.80. The molecule has 0 aromatic carbocycles. The lowest BCUT2D eigenvalue weighted by atomic mass is 10.4. The molecule has 1 aromatic heterocycles. The van der Waals surface area contributed by atoms with E-state index in [4.69, 9.17) is 0 Å². The van der Waals surface area contributed by atoms with E-state index < -0.39 is 0 Å². The molecule has 1 aromatic rings. The zero-order valence-corrected chi connectivity index (χ0v) is 7.38. The molecule has 0 saturated carbocycles. The Balaban J connectivity index is 2.35. The topological polar surface area (TPSA) is 42.5 Å². The number of allylic oxidation sites excluding steroid dienone is 1. The highest BCUT2D eigenvalue weighted by atomic mass is 15.1. The molecular weight excluding hydrogens is 164 g/mol. The molecule has 4 nitrogen and oxygen atoms in total. The van der Waals surface area contributed by atoms with Gasteiger partial charge in [0.2, 0.25) is 0 Å². The van der Waals surface area contributed by atoms with Crippen LogP contribution in [0.4, 0.5) is 0 Å². The van der Waals surface area contributed by atoms with Crippen molar-refractivity contribution in [1.29, 1.82) is 0 Å². The van der Waals surface area contributed by atoms with Crippen LogP contribution in [0.1, 0.15) is 13.3 Å². The van der Waals surface area contributed by atoms with Crippen molar-refractivity contribution in [3.8, 4) is 0 Å². The van der Waals surface area contributed by atoms with Gasteiger partial charge in [0.15, 0.2) is 0 Å². The molecule has 2 rings (SSSR count). The van der Waals surface area contributed by atoms with Gasteiger partial charge in [-0.05, 0) is 6.92 Å². The molecule has 2 heterocycles. The number of aromatic nitrogens is 2. The zero-order valence-electron chi connectivity index (χ0n) is 7.38. The van der Waals surface area contributed by atoms with Crippen LogP contribution in [0.3, 0.4) is 0 Å². The third kappa shape index (κ3) is 1.72. The summed E-state index contributed by atoms with van der Waals surface area (Å²) in [4.78, 5) is 12.4. The van der Waals surface area contributed by atoms with Crippen LogP contribution in [0.5, 0.6) is 0 Å². The Labute approximate surface area is 76.4 Å². The Morgan fingerprint density at radius 1 is 1.46 bits per heavy atom. The first-order valence-corrected chi connectivity index (χ1v) is 4.10. The predicted octanol–water partition coefficient (Wildman–Crippen LogP) is 1.47. The normalized spacial score (nSPS) is 16.4. The van der Waals surface area contributed by atoms with E-state index in [1.165, 1.54) is 0 Å². The van der Waals surface area contributed by atoms with E-state index in [0.717, 1.165) is 18.0 Å². The van der Waals surface area contributed by atoms with Crippen LogP contribution in [-0.4, -0.2) is 21.6 Å². The van der Waals surface area contributed by atoms with E-state index in [2.05, 4.69) is 15.0 Å². The molecule has 0 unspecified atom stereocenters. The largest absolute Gasteiger partial charge is 0.294 e. The Kier molecular flexibility index (Phi) is 2.04. The van der Waals surface area contributed by atoms with Crippen LogP contribution in [0.15, 0.2) is 40.6 Å². The number of rotatable bonds is 0. The van der Waals surface area contributed by atoms with Gasteiger partial charge in [-0.15, -0.1) is 0 Å². The van der Waals surface area contributed by atoms with Gasteiger partial charge in [-0.25, -0.2) is 9.98 Å². The van der Waals surface area contributed by atoms with Gasteiger partial charge in [0, 0.05) is 31.2 Å². The fraction of sp³-hybridized carbons (Fsp3) is 0.222. The van der Waals surface area contributed by atoms with Crippen LogP contribution in [0.25, 0.3) is 0 Å². The van der Waals surface area contributed by atoms with Crippen molar-refractivity contribution in [2.45, 2.75) is 13.3 Å². The maximum Gasteiger partial charge on any atom is 0.119 e. The van der Waals surface area contributed by atoms with Gasteiger partial charge in [0.25, 0.3) is 0 Å². The lowest BCUT2D eigenvalue weighted by Gasteiger charge is -2.01. The van der Waals surface area contributed by atoms with E-state index in [0.29, 0.717) is 0 Å². The summed E-state index contributed by atoms with van der Waals surface area (Å²) < 4.78 is 1.90. The van der Waals surface area contributed by atoms with Gasteiger partial charge < -0.3 is 0 Å². The van der Waals surface area contributed by atoms with Crippen molar-refractivity contribution in [3.63, 3.8) is 0 Å². The highest BCUT2D eigenvalue weighted by Crippen LogP contribution is 2.03. The minimum absolute atomic E-state index is 0.740. The van der Waals surface area contributed by atoms with Crippen molar-refractivity contribution in [2.75, 3.05) is 0 Å². The first-order valence-electron chi connectivity index (χ1n) is 4.10. The first kappa shape index (κ1) is 7.91. The molecule has 0 aliphatic carbocycles. The molecule has 0 atom stereocenters. The quantitative estimate of drug-likeness (QED) is 0.587. The lowest BCUT2D eigenvalue weighted by Crippen LogP contribution is -2.09. The molecule has 1 aliphatic heterocycles. The van der Waals surface area contributed by atoms with Gasteiger partial charge in [-0.1, -0.05) is 0 Å². The average Bonchev–Trinajstić information content (AvgIpc) is 2.56. The Morgan fingerprint density at radius 2 is 2.38 bits per heavy atom. The molecular formula is C9H10N4. The second-order valence-electron chi connectivity index (χ2n) is 2.80. The summed E-state index contributed by atoms with van der Waals surface area (Å²) >= 11 is 0. The number of hydrogen-bond acceptors (Lipinski definition) is 3. The SMILES string of the molecule is CC1=CN=CCC(n2ccnc2)=N1. The monoisotopic (exact) mass is 174 g/mol. The Bertz CT molecular complexity index is 370. The van der Waals surface area contributed by atoms with E-state index >= 15 is 0 Å². The molecule has 66 valence electrons. The first-order chi connectivity index (χ1) is 6.36. The van der Waals surface area contributed by atoms with Crippen LogP contribution in [0.2, 0.25) is 0 Å². The van der Waals surface area contributed by atoms with E-state index in [1.54, 1.807) is 18.7 Å². The van der Waals surface area contributed by atoms with Gasteiger partial charge in [-0.2, -0.15) is 0 Å². The molecule has 0 N–H and O–H groups in total. The summed E-state index contributed by atoms with van der Waals surface area (Å²) in [5.74, 6) is 0.951. The Morgan fingerprint density at radius 3 is 3.15 bits per heavy atom. The maximum absolute atomic E-state index is 4.39. The highest BCUT2D eigenvalue weighted by Gasteiger charge is 2.02. The van der Waals surface area contributed by atoms with Crippen molar-refractivity contribution in [3.05, 3.63) is 30.6 Å². The molecule has 0 bridgehead atoms. The minimum atomic E-state index is 0.740. The van der Waals surface area contributed by atoms with Crippen molar-refractivity contribution < 1.29 is 0 Å². The summed E-state index contributed by atoms with van der Waals surface area (Å²) in [6, 6.07) is 0. The van der Waals surface area contributed by atoms with Crippen molar-refractivity contribution in [1.82, 2.24) is 9.55 Å². The van der Waals surface area contributed by atoms with Crippen LogP contribution in [0, 0.1) is 0 Å². The lowest BCUT2D eigenvalue weighted by molar-refractivity contribution is 1.08. The second kappa shape index (κ2) is 3.35. The molecule has 13 heavy (non-hydrogen) atoms. The smallest absolute Gasteiger partial charge is 0.119 e. The Hall–Kier alpha value is -1.71. The number of imidazole rings is 1. The van der Waals surface area contributed by atoms with Crippen LogP contribution < -0.4 is 0 Å². The summed E-state index contributed by atoms with van der Waals surface area (Å²) in [5.41, 5.74) is 0.914. The summed E-state index contributed by atoms with van der Waals surface area (Å²) in [5, 5.41) is 0. The third-order valence-corrected chi connectivity index (χ3v) is 1.75. The van der Waals surface area contributed by atoms with E-state index in [9.17, 15) is 0 Å². The van der Waals surface area contributed by atoms with Crippen LogP contribution in [-0.2, 0) is 0 Å². The third-order valence-electron chi connectivity index (χ3n) is 1.75. The zero-order chi connectivity index (χ0) is 9.10. The predicted molar refractivity (Wildman–Crippen MR) is 51.9 cm³/mol.